The second kappa shape index (κ2) is 11.0. The van der Waals surface area contributed by atoms with Crippen LogP contribution in [0.5, 0.6) is 11.5 Å². The van der Waals surface area contributed by atoms with Gasteiger partial charge in [-0.3, -0.25) is 0 Å². The molecule has 2 aromatic rings. The fourth-order valence-electron chi connectivity index (χ4n) is 2.35. The van der Waals surface area contributed by atoms with Crippen LogP contribution in [0.4, 0.5) is 4.39 Å². The van der Waals surface area contributed by atoms with E-state index in [2.05, 4.69) is 5.32 Å². The fraction of sp³-hybridized carbons (Fsp3) is 0.368. The molecule has 2 aromatic carbocycles. The molecule has 0 aliphatic heterocycles. The lowest BCUT2D eigenvalue weighted by molar-refractivity contribution is 0.0937. The molecular weight excluding hydrogens is 361 g/mol. The standard InChI is InChI=1S/C19H23ClFNO4/c1-24-18-4-2-3-14(12-22-7-9-25-10-8-23)19(18)26-13-15-5-6-16(21)11-17(15)20/h2-6,11,22-23H,7-10,12-13H2,1H3. The molecule has 0 aromatic heterocycles. The van der Waals surface area contributed by atoms with Crippen molar-refractivity contribution in [1.82, 2.24) is 5.32 Å². The minimum Gasteiger partial charge on any atom is -0.493 e. The number of nitrogens with one attached hydrogen (secondary N) is 1. The van der Waals surface area contributed by atoms with Crippen LogP contribution in [0.2, 0.25) is 5.02 Å². The number of benzene rings is 2. The Balaban J connectivity index is 2.01. The van der Waals surface area contributed by atoms with E-state index in [1.54, 1.807) is 13.2 Å². The third-order valence-electron chi connectivity index (χ3n) is 3.64. The molecule has 0 spiro atoms. The Morgan fingerprint density at radius 1 is 1.15 bits per heavy atom. The Hall–Kier alpha value is -1.86. The third kappa shape index (κ3) is 6.14. The first-order valence-corrected chi connectivity index (χ1v) is 8.65. The zero-order chi connectivity index (χ0) is 18.8. The summed E-state index contributed by atoms with van der Waals surface area (Å²) in [6.45, 7) is 2.25. The smallest absolute Gasteiger partial charge is 0.166 e. The summed E-state index contributed by atoms with van der Waals surface area (Å²) in [5.41, 5.74) is 1.61. The summed E-state index contributed by atoms with van der Waals surface area (Å²) in [5, 5.41) is 12.2. The highest BCUT2D eigenvalue weighted by Crippen LogP contribution is 2.32. The highest BCUT2D eigenvalue weighted by Gasteiger charge is 2.12. The van der Waals surface area contributed by atoms with E-state index in [9.17, 15) is 4.39 Å². The number of methoxy groups -OCH3 is 1. The molecule has 0 heterocycles. The van der Waals surface area contributed by atoms with Crippen LogP contribution >= 0.6 is 11.6 Å². The summed E-state index contributed by atoms with van der Waals surface area (Å²) in [4.78, 5) is 0. The van der Waals surface area contributed by atoms with Crippen molar-refractivity contribution in [2.45, 2.75) is 13.2 Å². The van der Waals surface area contributed by atoms with Gasteiger partial charge in [-0.15, -0.1) is 0 Å². The number of rotatable bonds is 11. The molecular formula is C19H23ClFNO4. The molecule has 7 heteroatoms. The van der Waals surface area contributed by atoms with Gasteiger partial charge in [0.15, 0.2) is 11.5 Å². The molecule has 0 bridgehead atoms. The average Bonchev–Trinajstić information content (AvgIpc) is 2.64. The van der Waals surface area contributed by atoms with Crippen molar-refractivity contribution in [2.75, 3.05) is 33.5 Å². The van der Waals surface area contributed by atoms with Crippen LogP contribution in [0.25, 0.3) is 0 Å². The van der Waals surface area contributed by atoms with Gasteiger partial charge in [0, 0.05) is 24.2 Å². The van der Waals surface area contributed by atoms with Crippen LogP contribution in [0.1, 0.15) is 11.1 Å². The van der Waals surface area contributed by atoms with Crippen LogP contribution in [0.15, 0.2) is 36.4 Å². The number of hydrogen-bond acceptors (Lipinski definition) is 5. The van der Waals surface area contributed by atoms with Crippen LogP contribution < -0.4 is 14.8 Å². The monoisotopic (exact) mass is 383 g/mol. The molecule has 0 aliphatic rings. The first kappa shape index (κ1) is 20.5. The summed E-state index contributed by atoms with van der Waals surface area (Å²) < 4.78 is 29.7. The van der Waals surface area contributed by atoms with Crippen molar-refractivity contribution in [2.24, 2.45) is 0 Å². The average molecular weight is 384 g/mol. The maximum Gasteiger partial charge on any atom is 0.166 e. The van der Waals surface area contributed by atoms with Gasteiger partial charge in [0.25, 0.3) is 0 Å². The van der Waals surface area contributed by atoms with Gasteiger partial charge in [-0.25, -0.2) is 4.39 Å². The van der Waals surface area contributed by atoms with Crippen molar-refractivity contribution < 1.29 is 23.7 Å². The van der Waals surface area contributed by atoms with E-state index in [0.717, 1.165) is 5.56 Å². The Bertz CT molecular complexity index is 699. The third-order valence-corrected chi connectivity index (χ3v) is 3.99. The molecule has 2 N–H and O–H groups in total. The van der Waals surface area contributed by atoms with Gasteiger partial charge in [-0.1, -0.05) is 29.8 Å². The maximum absolute atomic E-state index is 13.2. The first-order chi connectivity index (χ1) is 12.7. The number of ether oxygens (including phenoxy) is 3. The maximum atomic E-state index is 13.2. The van der Waals surface area contributed by atoms with Crippen molar-refractivity contribution >= 4 is 11.6 Å². The molecule has 2 rings (SSSR count). The predicted molar refractivity (Wildman–Crippen MR) is 98.3 cm³/mol. The van der Waals surface area contributed by atoms with Crippen molar-refractivity contribution in [3.63, 3.8) is 0 Å². The van der Waals surface area contributed by atoms with Crippen LogP contribution in [0.3, 0.4) is 0 Å². The van der Waals surface area contributed by atoms with E-state index in [-0.39, 0.29) is 19.0 Å². The van der Waals surface area contributed by atoms with Gasteiger partial charge in [-0.2, -0.15) is 0 Å². The van der Waals surface area contributed by atoms with E-state index >= 15 is 0 Å². The van der Waals surface area contributed by atoms with Gasteiger partial charge >= 0.3 is 0 Å². The molecule has 5 nitrogen and oxygen atoms in total. The lowest BCUT2D eigenvalue weighted by Gasteiger charge is -2.16. The van der Waals surface area contributed by atoms with Gasteiger partial charge < -0.3 is 24.6 Å². The van der Waals surface area contributed by atoms with E-state index in [1.165, 1.54) is 12.1 Å². The molecule has 142 valence electrons. The van der Waals surface area contributed by atoms with Crippen LogP contribution in [-0.2, 0) is 17.9 Å². The van der Waals surface area contributed by atoms with Crippen molar-refractivity contribution in [1.29, 1.82) is 0 Å². The second-order valence-electron chi connectivity index (χ2n) is 5.49. The van der Waals surface area contributed by atoms with Crippen LogP contribution in [-0.4, -0.2) is 38.6 Å². The summed E-state index contributed by atoms with van der Waals surface area (Å²) in [6.07, 6.45) is 0. The van der Waals surface area contributed by atoms with Crippen molar-refractivity contribution in [3.8, 4) is 11.5 Å². The normalized spacial score (nSPS) is 10.8. The Morgan fingerprint density at radius 3 is 2.73 bits per heavy atom. The lowest BCUT2D eigenvalue weighted by Crippen LogP contribution is -2.20. The summed E-state index contributed by atoms with van der Waals surface area (Å²) in [5.74, 6) is 0.836. The molecule has 0 unspecified atom stereocenters. The summed E-state index contributed by atoms with van der Waals surface area (Å²) >= 11 is 6.06. The predicted octanol–water partition coefficient (Wildman–Crippen LogP) is 3.17. The molecule has 0 radical (unpaired) electrons. The van der Waals surface area contributed by atoms with Gasteiger partial charge in [0.2, 0.25) is 0 Å². The molecule has 0 amide bonds. The van der Waals surface area contributed by atoms with E-state index in [0.29, 0.717) is 48.4 Å². The molecule has 0 saturated heterocycles. The molecule has 0 fully saturated rings. The topological polar surface area (TPSA) is 60.0 Å². The number of aliphatic hydroxyl groups is 1. The Labute approximate surface area is 157 Å². The quantitative estimate of drug-likeness (QED) is 0.584. The highest BCUT2D eigenvalue weighted by molar-refractivity contribution is 6.31. The first-order valence-electron chi connectivity index (χ1n) is 8.27. The molecule has 0 saturated carbocycles. The zero-order valence-corrected chi connectivity index (χ0v) is 15.4. The largest absolute Gasteiger partial charge is 0.493 e. The number of aliphatic hydroxyl groups excluding tert-OH is 1. The molecule has 0 aliphatic carbocycles. The van der Waals surface area contributed by atoms with Gasteiger partial charge in [-0.05, 0) is 18.2 Å². The van der Waals surface area contributed by atoms with Crippen molar-refractivity contribution in [3.05, 3.63) is 58.4 Å². The SMILES string of the molecule is COc1cccc(CNCCOCCO)c1OCc1ccc(F)cc1Cl. The van der Waals surface area contributed by atoms with Gasteiger partial charge in [0.05, 0.1) is 32.0 Å². The van der Waals surface area contributed by atoms with E-state index < -0.39 is 0 Å². The number of para-hydroxylation sites is 1. The summed E-state index contributed by atoms with van der Waals surface area (Å²) in [7, 11) is 1.58. The fourth-order valence-corrected chi connectivity index (χ4v) is 2.57. The number of halogens is 2. The Morgan fingerprint density at radius 2 is 2.00 bits per heavy atom. The summed E-state index contributed by atoms with van der Waals surface area (Å²) in [6, 6.07) is 9.85. The zero-order valence-electron chi connectivity index (χ0n) is 14.6. The van der Waals surface area contributed by atoms with Crippen LogP contribution in [0, 0.1) is 5.82 Å². The minimum atomic E-state index is -0.385. The minimum absolute atomic E-state index is 0.0137. The second-order valence-corrected chi connectivity index (χ2v) is 5.89. The Kier molecular flexibility index (Phi) is 8.64. The van der Waals surface area contributed by atoms with E-state index in [4.69, 9.17) is 30.9 Å². The highest BCUT2D eigenvalue weighted by atomic mass is 35.5. The lowest BCUT2D eigenvalue weighted by atomic mass is 10.1. The van der Waals surface area contributed by atoms with E-state index in [1.807, 2.05) is 18.2 Å². The number of hydrogen-bond donors (Lipinski definition) is 2. The molecule has 26 heavy (non-hydrogen) atoms. The van der Waals surface area contributed by atoms with Gasteiger partial charge in [0.1, 0.15) is 12.4 Å². The molecule has 0 atom stereocenters.